The topological polar surface area (TPSA) is 50.1 Å². The molecule has 0 amide bonds. The summed E-state index contributed by atoms with van der Waals surface area (Å²) in [5.74, 6) is 0.610. The number of hydrogen-bond donors (Lipinski definition) is 2. The Morgan fingerprint density at radius 1 is 1.53 bits per heavy atom. The van der Waals surface area contributed by atoms with Gasteiger partial charge in [0.1, 0.15) is 5.60 Å². The SMILES string of the molecule is CCCn1ncc(Cl)c1C(C)(O)CCNCC(C)C. The Labute approximate surface area is 121 Å². The first-order chi connectivity index (χ1) is 8.88. The summed E-state index contributed by atoms with van der Waals surface area (Å²) in [7, 11) is 0. The standard InChI is InChI=1S/C14H26ClN3O/c1-5-8-18-13(12(15)10-17-18)14(4,19)6-7-16-9-11(2)3/h10-11,16,19H,5-9H2,1-4H3. The van der Waals surface area contributed by atoms with E-state index in [-0.39, 0.29) is 0 Å². The van der Waals surface area contributed by atoms with Gasteiger partial charge in [-0.15, -0.1) is 0 Å². The van der Waals surface area contributed by atoms with Gasteiger partial charge in [0.15, 0.2) is 0 Å². The highest BCUT2D eigenvalue weighted by atomic mass is 35.5. The molecule has 19 heavy (non-hydrogen) atoms. The average molecular weight is 288 g/mol. The van der Waals surface area contributed by atoms with Gasteiger partial charge in [0, 0.05) is 6.54 Å². The maximum atomic E-state index is 10.6. The maximum Gasteiger partial charge on any atom is 0.106 e. The van der Waals surface area contributed by atoms with Gasteiger partial charge in [0.2, 0.25) is 0 Å². The number of aliphatic hydroxyl groups is 1. The third-order valence-corrected chi connectivity index (χ3v) is 3.36. The molecule has 0 aromatic carbocycles. The summed E-state index contributed by atoms with van der Waals surface area (Å²) in [4.78, 5) is 0. The molecule has 5 heteroatoms. The molecule has 0 aliphatic rings. The molecule has 1 aromatic heterocycles. The van der Waals surface area contributed by atoms with E-state index in [9.17, 15) is 5.11 Å². The minimum atomic E-state index is -0.952. The van der Waals surface area contributed by atoms with Gasteiger partial charge in [0.25, 0.3) is 0 Å². The molecule has 1 rings (SSSR count). The predicted octanol–water partition coefficient (Wildman–Crippen LogP) is 2.79. The van der Waals surface area contributed by atoms with E-state index >= 15 is 0 Å². The second kappa shape index (κ2) is 7.27. The van der Waals surface area contributed by atoms with Crippen molar-refractivity contribution >= 4 is 11.6 Å². The van der Waals surface area contributed by atoms with Gasteiger partial charge in [0.05, 0.1) is 16.9 Å². The first-order valence-electron chi connectivity index (χ1n) is 7.03. The van der Waals surface area contributed by atoms with Crippen LogP contribution in [0, 0.1) is 5.92 Å². The Morgan fingerprint density at radius 3 is 2.79 bits per heavy atom. The summed E-state index contributed by atoms with van der Waals surface area (Å²) in [5, 5.41) is 18.8. The molecule has 0 bridgehead atoms. The maximum absolute atomic E-state index is 10.6. The van der Waals surface area contributed by atoms with E-state index in [0.717, 1.165) is 31.7 Å². The van der Waals surface area contributed by atoms with Gasteiger partial charge in [-0.3, -0.25) is 4.68 Å². The third kappa shape index (κ3) is 4.79. The molecule has 1 unspecified atom stereocenters. The lowest BCUT2D eigenvalue weighted by atomic mass is 9.97. The zero-order valence-electron chi connectivity index (χ0n) is 12.4. The van der Waals surface area contributed by atoms with Crippen LogP contribution in [0.4, 0.5) is 0 Å². The summed E-state index contributed by atoms with van der Waals surface area (Å²) >= 11 is 6.16. The zero-order chi connectivity index (χ0) is 14.5. The molecular formula is C14H26ClN3O. The van der Waals surface area contributed by atoms with E-state index in [2.05, 4.69) is 31.2 Å². The summed E-state index contributed by atoms with van der Waals surface area (Å²) in [6, 6.07) is 0. The van der Waals surface area contributed by atoms with Gasteiger partial charge >= 0.3 is 0 Å². The van der Waals surface area contributed by atoms with Crippen molar-refractivity contribution in [3.8, 4) is 0 Å². The van der Waals surface area contributed by atoms with Crippen LogP contribution in [0.1, 0.15) is 46.2 Å². The monoisotopic (exact) mass is 287 g/mol. The number of halogens is 1. The van der Waals surface area contributed by atoms with Crippen molar-refractivity contribution in [2.45, 2.75) is 52.7 Å². The molecule has 0 fully saturated rings. The minimum absolute atomic E-state index is 0.544. The van der Waals surface area contributed by atoms with Gasteiger partial charge in [-0.25, -0.2) is 0 Å². The molecule has 4 nitrogen and oxygen atoms in total. The van der Waals surface area contributed by atoms with E-state index < -0.39 is 5.60 Å². The summed E-state index contributed by atoms with van der Waals surface area (Å²) < 4.78 is 1.81. The number of nitrogens with one attached hydrogen (secondary N) is 1. The molecule has 1 aromatic rings. The van der Waals surface area contributed by atoms with E-state index in [1.165, 1.54) is 0 Å². The van der Waals surface area contributed by atoms with Crippen LogP contribution < -0.4 is 5.32 Å². The lowest BCUT2D eigenvalue weighted by Crippen LogP contribution is -2.32. The second-order valence-electron chi connectivity index (χ2n) is 5.69. The number of nitrogens with zero attached hydrogens (tertiary/aromatic N) is 2. The van der Waals surface area contributed by atoms with Crippen molar-refractivity contribution in [3.63, 3.8) is 0 Å². The van der Waals surface area contributed by atoms with Crippen LogP contribution in [0.2, 0.25) is 5.02 Å². The molecular weight excluding hydrogens is 262 g/mol. The van der Waals surface area contributed by atoms with Crippen LogP contribution in [-0.4, -0.2) is 28.0 Å². The van der Waals surface area contributed by atoms with Crippen LogP contribution in [0.3, 0.4) is 0 Å². The van der Waals surface area contributed by atoms with Crippen LogP contribution in [0.15, 0.2) is 6.20 Å². The van der Waals surface area contributed by atoms with Crippen molar-refractivity contribution in [1.82, 2.24) is 15.1 Å². The molecule has 0 aliphatic heterocycles. The molecule has 1 atom stereocenters. The fraction of sp³-hybridized carbons (Fsp3) is 0.786. The average Bonchev–Trinajstić information content (AvgIpc) is 2.67. The normalized spacial score (nSPS) is 14.9. The molecule has 2 N–H and O–H groups in total. The molecule has 1 heterocycles. The lowest BCUT2D eigenvalue weighted by molar-refractivity contribution is 0.0384. The van der Waals surface area contributed by atoms with Gasteiger partial charge < -0.3 is 10.4 Å². The Hall–Kier alpha value is -0.580. The Kier molecular flexibility index (Phi) is 6.30. The summed E-state index contributed by atoms with van der Waals surface area (Å²) in [5.41, 5.74) is -0.227. The van der Waals surface area contributed by atoms with Gasteiger partial charge in [-0.2, -0.15) is 5.10 Å². The summed E-state index contributed by atoms with van der Waals surface area (Å²) in [6.07, 6.45) is 3.20. The number of hydrogen-bond acceptors (Lipinski definition) is 3. The number of aryl methyl sites for hydroxylation is 1. The third-order valence-electron chi connectivity index (χ3n) is 3.08. The van der Waals surface area contributed by atoms with Crippen molar-refractivity contribution < 1.29 is 5.11 Å². The smallest absolute Gasteiger partial charge is 0.106 e. The second-order valence-corrected chi connectivity index (χ2v) is 6.09. The van der Waals surface area contributed by atoms with Gasteiger partial charge in [-0.05, 0) is 38.8 Å². The highest BCUT2D eigenvalue weighted by Crippen LogP contribution is 2.30. The van der Waals surface area contributed by atoms with Crippen LogP contribution in [0.5, 0.6) is 0 Å². The van der Waals surface area contributed by atoms with Crippen molar-refractivity contribution in [2.24, 2.45) is 5.92 Å². The van der Waals surface area contributed by atoms with E-state index in [1.54, 1.807) is 13.1 Å². The van der Waals surface area contributed by atoms with Crippen molar-refractivity contribution in [3.05, 3.63) is 16.9 Å². The van der Waals surface area contributed by atoms with E-state index in [0.29, 0.717) is 17.4 Å². The first-order valence-corrected chi connectivity index (χ1v) is 7.41. The predicted molar refractivity (Wildman–Crippen MR) is 79.4 cm³/mol. The molecule has 0 spiro atoms. The molecule has 0 radical (unpaired) electrons. The van der Waals surface area contributed by atoms with E-state index in [4.69, 9.17) is 11.6 Å². The van der Waals surface area contributed by atoms with Gasteiger partial charge in [-0.1, -0.05) is 32.4 Å². The molecule has 0 saturated heterocycles. The largest absolute Gasteiger partial charge is 0.384 e. The van der Waals surface area contributed by atoms with Crippen molar-refractivity contribution in [2.75, 3.05) is 13.1 Å². The fourth-order valence-electron chi connectivity index (χ4n) is 2.12. The first kappa shape index (κ1) is 16.5. The number of rotatable bonds is 8. The van der Waals surface area contributed by atoms with E-state index in [1.807, 2.05) is 4.68 Å². The highest BCUT2D eigenvalue weighted by molar-refractivity contribution is 6.31. The van der Waals surface area contributed by atoms with Crippen LogP contribution in [0.25, 0.3) is 0 Å². The van der Waals surface area contributed by atoms with Crippen molar-refractivity contribution in [1.29, 1.82) is 0 Å². The zero-order valence-corrected chi connectivity index (χ0v) is 13.2. The fourth-order valence-corrected chi connectivity index (χ4v) is 2.46. The highest BCUT2D eigenvalue weighted by Gasteiger charge is 2.29. The minimum Gasteiger partial charge on any atom is -0.384 e. The lowest BCUT2D eigenvalue weighted by Gasteiger charge is -2.25. The van der Waals surface area contributed by atoms with Crippen LogP contribution in [-0.2, 0) is 12.1 Å². The number of aromatic nitrogens is 2. The molecule has 110 valence electrons. The Bertz CT molecular complexity index is 388. The molecule has 0 aliphatic carbocycles. The Morgan fingerprint density at radius 2 is 2.21 bits per heavy atom. The quantitative estimate of drug-likeness (QED) is 0.723. The summed E-state index contributed by atoms with van der Waals surface area (Å²) in [6.45, 7) is 10.7. The molecule has 0 saturated carbocycles. The van der Waals surface area contributed by atoms with Crippen LogP contribution >= 0.6 is 11.6 Å². The Balaban J connectivity index is 2.67.